The highest BCUT2D eigenvalue weighted by atomic mass is 16.6. The summed E-state index contributed by atoms with van der Waals surface area (Å²) in [4.78, 5) is 47.3. The average molecular weight is 741 g/mol. The number of carbonyl (C=O) groups excluding carboxylic acids is 2. The molecular formula is C43H48N8O4. The SMILES string of the molecule is Cc1cc(-c2ncnc3[nH]c4cc(N5CCC6(CCN(C(=O)OCc7ccccc7)CC6)CC5)ccc4c23)ccc1[C@@H](C)NC(=O)c1nc(C(C)(C)C)no1. The third-order valence-electron chi connectivity index (χ3n) is 11.5. The van der Waals surface area contributed by atoms with Crippen molar-refractivity contribution in [3.05, 3.63) is 101 Å². The average Bonchev–Trinajstić information content (AvgIpc) is 3.84. The molecular weight excluding hydrogens is 693 g/mol. The van der Waals surface area contributed by atoms with Gasteiger partial charge in [-0.1, -0.05) is 74.5 Å². The number of aromatic nitrogens is 5. The molecule has 55 heavy (non-hydrogen) atoms. The summed E-state index contributed by atoms with van der Waals surface area (Å²) in [5.41, 5.74) is 7.79. The molecule has 5 heterocycles. The molecule has 0 saturated carbocycles. The van der Waals surface area contributed by atoms with Crippen LogP contribution < -0.4 is 10.2 Å². The quantitative estimate of drug-likeness (QED) is 0.165. The summed E-state index contributed by atoms with van der Waals surface area (Å²) in [6, 6.07) is 22.4. The number of nitrogens with zero attached hydrogens (tertiary/aromatic N) is 6. The van der Waals surface area contributed by atoms with E-state index in [0.29, 0.717) is 12.4 Å². The van der Waals surface area contributed by atoms with E-state index in [1.165, 1.54) is 5.69 Å². The number of likely N-dealkylation sites (tertiary alicyclic amines) is 1. The molecule has 2 amide bonds. The Hall–Kier alpha value is -5.78. The number of aryl methyl sites for hydroxylation is 1. The number of fused-ring (bicyclic) bond motifs is 3. The Morgan fingerprint density at radius 1 is 0.964 bits per heavy atom. The summed E-state index contributed by atoms with van der Waals surface area (Å²) >= 11 is 0. The molecule has 12 heteroatoms. The number of amides is 2. The Morgan fingerprint density at radius 3 is 2.42 bits per heavy atom. The Labute approximate surface area is 320 Å². The minimum Gasteiger partial charge on any atom is -0.445 e. The van der Waals surface area contributed by atoms with Gasteiger partial charge in [0, 0.05) is 53.7 Å². The second-order valence-corrected chi connectivity index (χ2v) is 16.3. The smallest absolute Gasteiger partial charge is 0.410 e. The van der Waals surface area contributed by atoms with Gasteiger partial charge in [-0.05, 0) is 79.8 Å². The van der Waals surface area contributed by atoms with Gasteiger partial charge in [0.1, 0.15) is 18.6 Å². The molecule has 12 nitrogen and oxygen atoms in total. The number of anilines is 1. The minimum absolute atomic E-state index is 0.0442. The largest absolute Gasteiger partial charge is 0.445 e. The van der Waals surface area contributed by atoms with E-state index in [0.717, 1.165) is 102 Å². The van der Waals surface area contributed by atoms with Crippen molar-refractivity contribution < 1.29 is 18.8 Å². The van der Waals surface area contributed by atoms with E-state index in [-0.39, 0.29) is 28.9 Å². The van der Waals surface area contributed by atoms with Crippen LogP contribution in [0.15, 0.2) is 77.6 Å². The van der Waals surface area contributed by atoms with Crippen LogP contribution in [-0.4, -0.2) is 68.2 Å². The monoisotopic (exact) mass is 740 g/mol. The first-order chi connectivity index (χ1) is 26.5. The van der Waals surface area contributed by atoms with E-state index in [9.17, 15) is 9.59 Å². The normalized spacial score (nSPS) is 16.5. The van der Waals surface area contributed by atoms with Crippen LogP contribution in [0.1, 0.15) is 92.6 Å². The molecule has 2 saturated heterocycles. The Bertz CT molecular complexity index is 2340. The second-order valence-electron chi connectivity index (χ2n) is 16.3. The maximum atomic E-state index is 12.9. The highest BCUT2D eigenvalue weighted by Crippen LogP contribution is 2.43. The van der Waals surface area contributed by atoms with E-state index in [2.05, 4.69) is 54.6 Å². The summed E-state index contributed by atoms with van der Waals surface area (Å²) in [5, 5.41) is 9.04. The molecule has 0 aliphatic carbocycles. The number of rotatable bonds is 7. The van der Waals surface area contributed by atoms with Crippen molar-refractivity contribution in [2.75, 3.05) is 31.1 Å². The van der Waals surface area contributed by atoms with Gasteiger partial charge >= 0.3 is 17.9 Å². The molecule has 8 rings (SSSR count). The zero-order valence-electron chi connectivity index (χ0n) is 32.2. The predicted molar refractivity (Wildman–Crippen MR) is 212 cm³/mol. The number of H-pyrrole nitrogens is 1. The van der Waals surface area contributed by atoms with E-state index < -0.39 is 5.91 Å². The van der Waals surface area contributed by atoms with Crippen LogP contribution >= 0.6 is 0 Å². The van der Waals surface area contributed by atoms with Gasteiger partial charge in [0.15, 0.2) is 5.82 Å². The van der Waals surface area contributed by atoms with Crippen LogP contribution in [0, 0.1) is 12.3 Å². The lowest BCUT2D eigenvalue weighted by atomic mass is 9.71. The van der Waals surface area contributed by atoms with Crippen molar-refractivity contribution in [1.82, 2.24) is 35.3 Å². The summed E-state index contributed by atoms with van der Waals surface area (Å²) in [6.07, 6.45) is 5.62. The van der Waals surface area contributed by atoms with Gasteiger partial charge in [-0.3, -0.25) is 4.79 Å². The van der Waals surface area contributed by atoms with E-state index >= 15 is 0 Å². The molecule has 3 aromatic heterocycles. The lowest BCUT2D eigenvalue weighted by Gasteiger charge is -2.47. The first-order valence-electron chi connectivity index (χ1n) is 19.2. The Kier molecular flexibility index (Phi) is 9.52. The summed E-state index contributed by atoms with van der Waals surface area (Å²) < 4.78 is 10.9. The summed E-state index contributed by atoms with van der Waals surface area (Å²) in [7, 11) is 0. The number of carbonyl (C=O) groups is 2. The number of ether oxygens (including phenoxy) is 1. The Morgan fingerprint density at radius 2 is 1.71 bits per heavy atom. The van der Waals surface area contributed by atoms with Gasteiger partial charge < -0.3 is 29.4 Å². The number of hydrogen-bond donors (Lipinski definition) is 2. The van der Waals surface area contributed by atoms with E-state index in [1.807, 2.05) is 82.0 Å². The van der Waals surface area contributed by atoms with Gasteiger partial charge in [0.2, 0.25) is 0 Å². The molecule has 2 aliphatic rings. The zero-order chi connectivity index (χ0) is 38.3. The van der Waals surface area contributed by atoms with Gasteiger partial charge in [-0.2, -0.15) is 4.98 Å². The molecule has 0 radical (unpaired) electrons. The van der Waals surface area contributed by atoms with E-state index in [4.69, 9.17) is 14.2 Å². The molecule has 1 spiro atoms. The van der Waals surface area contributed by atoms with Crippen molar-refractivity contribution in [3.63, 3.8) is 0 Å². The number of piperidine rings is 2. The van der Waals surface area contributed by atoms with Crippen LogP contribution in [0.2, 0.25) is 0 Å². The number of aromatic amines is 1. The molecule has 284 valence electrons. The molecule has 0 unspecified atom stereocenters. The van der Waals surface area contributed by atoms with Crippen molar-refractivity contribution in [2.45, 2.75) is 78.4 Å². The van der Waals surface area contributed by atoms with E-state index in [1.54, 1.807) is 6.33 Å². The van der Waals surface area contributed by atoms with Gasteiger partial charge in [0.05, 0.1) is 17.1 Å². The standard InChI is InChI=1S/C43H48N8O4/c1-27-23-30(11-13-32(27)28(2)46-38(52)39-48-40(49-55-39)42(3,4)5)36-35-33-14-12-31(24-34(33)47-37(35)45-26-44-36)50-19-15-43(16-20-50)17-21-51(22-18-43)41(53)54-25-29-9-7-6-8-10-29/h6-14,23-24,26,28H,15-22,25H2,1-5H3,(H,46,52)(H,44,45,47)/t28-/m1/s1. The number of hydrogen-bond acceptors (Lipinski definition) is 9. The third-order valence-corrected chi connectivity index (χ3v) is 11.5. The molecule has 1 atom stereocenters. The molecule has 2 aliphatic heterocycles. The van der Waals surface area contributed by atoms with Crippen LogP contribution in [0.3, 0.4) is 0 Å². The van der Waals surface area contributed by atoms with Crippen LogP contribution in [0.5, 0.6) is 0 Å². The van der Waals surface area contributed by atoms with Crippen molar-refractivity contribution in [2.24, 2.45) is 5.41 Å². The van der Waals surface area contributed by atoms with Crippen LogP contribution in [-0.2, 0) is 16.8 Å². The van der Waals surface area contributed by atoms with Gasteiger partial charge in [0.25, 0.3) is 0 Å². The fourth-order valence-electron chi connectivity index (χ4n) is 8.11. The maximum Gasteiger partial charge on any atom is 0.410 e. The van der Waals surface area contributed by atoms with Crippen LogP contribution in [0.25, 0.3) is 33.2 Å². The first-order valence-corrected chi connectivity index (χ1v) is 19.2. The second kappa shape index (κ2) is 14.5. The molecule has 6 aromatic rings. The Balaban J connectivity index is 0.921. The minimum atomic E-state index is -0.405. The number of benzene rings is 3. The van der Waals surface area contributed by atoms with Crippen molar-refractivity contribution in [3.8, 4) is 11.3 Å². The molecule has 2 N–H and O–H groups in total. The topological polar surface area (TPSA) is 142 Å². The lowest BCUT2D eigenvalue weighted by molar-refractivity contribution is 0.0516. The first kappa shape index (κ1) is 36.2. The number of nitrogens with one attached hydrogen (secondary N) is 2. The summed E-state index contributed by atoms with van der Waals surface area (Å²) in [5.74, 6) is 0.0412. The van der Waals surface area contributed by atoms with Crippen molar-refractivity contribution >= 4 is 39.6 Å². The molecule has 3 aromatic carbocycles. The fourth-order valence-corrected chi connectivity index (χ4v) is 8.11. The van der Waals surface area contributed by atoms with Crippen LogP contribution in [0.4, 0.5) is 10.5 Å². The zero-order valence-corrected chi connectivity index (χ0v) is 32.2. The maximum absolute atomic E-state index is 12.9. The fraction of sp³-hybridized carbons (Fsp3) is 0.395. The lowest BCUT2D eigenvalue weighted by Crippen LogP contribution is -2.48. The van der Waals surface area contributed by atoms with Crippen molar-refractivity contribution in [1.29, 1.82) is 0 Å². The highest BCUT2D eigenvalue weighted by Gasteiger charge is 2.39. The molecule has 2 fully saturated rings. The van der Waals surface area contributed by atoms with Gasteiger partial charge in [-0.15, -0.1) is 0 Å². The third kappa shape index (κ3) is 7.37. The van der Waals surface area contributed by atoms with Gasteiger partial charge in [-0.25, -0.2) is 14.8 Å². The predicted octanol–water partition coefficient (Wildman–Crippen LogP) is 8.28. The summed E-state index contributed by atoms with van der Waals surface area (Å²) in [6.45, 7) is 13.7. The highest BCUT2D eigenvalue weighted by molar-refractivity contribution is 6.12. The molecule has 0 bridgehead atoms.